The Bertz CT molecular complexity index is 1160. The van der Waals surface area contributed by atoms with Gasteiger partial charge >= 0.3 is 0 Å². The molecule has 4 aliphatic rings. The molecule has 7 rings (SSSR count). The van der Waals surface area contributed by atoms with Crippen LogP contribution in [0.4, 0.5) is 0 Å². The summed E-state index contributed by atoms with van der Waals surface area (Å²) >= 11 is 0. The Kier molecular flexibility index (Phi) is 8.34. The van der Waals surface area contributed by atoms with E-state index in [9.17, 15) is 0 Å². The Morgan fingerprint density at radius 3 is 1.77 bits per heavy atom. The van der Waals surface area contributed by atoms with Gasteiger partial charge in [-0.1, -0.05) is 91.0 Å². The minimum atomic E-state index is -1.03. The number of methoxy groups -OCH3 is 1. The molecule has 3 aromatic rings. The van der Waals surface area contributed by atoms with Crippen LogP contribution in [0.5, 0.6) is 0 Å². The average molecular weight is 535 g/mol. The lowest BCUT2D eigenvalue weighted by Gasteiger charge is -2.63. The quantitative estimate of drug-likeness (QED) is 0.302. The first kappa shape index (κ1) is 26.6. The molecule has 7 atom stereocenters. The zero-order chi connectivity index (χ0) is 26.5. The summed E-state index contributed by atoms with van der Waals surface area (Å²) in [6, 6.07) is 30.1. The van der Waals surface area contributed by atoms with Crippen LogP contribution in [0.1, 0.15) is 16.7 Å². The number of rotatable bonds is 13. The summed E-state index contributed by atoms with van der Waals surface area (Å²) in [6.07, 6.45) is -2.46. The van der Waals surface area contributed by atoms with E-state index in [4.69, 9.17) is 37.9 Å². The highest BCUT2D eigenvalue weighted by molar-refractivity contribution is 5.20. The molecule has 3 saturated heterocycles. The largest absolute Gasteiger partial charge is 0.374 e. The van der Waals surface area contributed by atoms with Gasteiger partial charge in [0.2, 0.25) is 0 Å². The van der Waals surface area contributed by atoms with Gasteiger partial charge in [0.1, 0.15) is 42.9 Å². The first-order chi connectivity index (χ1) is 19.3. The maximum atomic E-state index is 6.79. The lowest BCUT2D eigenvalue weighted by atomic mass is 9.72. The highest BCUT2D eigenvalue weighted by Crippen LogP contribution is 2.50. The molecule has 3 heterocycles. The maximum absolute atomic E-state index is 6.79. The van der Waals surface area contributed by atoms with Gasteiger partial charge in [-0.2, -0.15) is 0 Å². The number of ether oxygens (including phenoxy) is 8. The van der Waals surface area contributed by atoms with Gasteiger partial charge in [-0.15, -0.1) is 0 Å². The molecular formula is C31H34O8. The van der Waals surface area contributed by atoms with Crippen molar-refractivity contribution >= 4 is 0 Å². The fourth-order valence-electron chi connectivity index (χ4n) is 5.60. The SMILES string of the molecule is COCO[C@@H]1[C@H]2O[C@@H]3O[C@H]([C@H]2OCc2ccccc2)[C@](COCc2ccccc2)(OCc2ccccc2)[C@H]1O3. The third-order valence-electron chi connectivity index (χ3n) is 7.44. The van der Waals surface area contributed by atoms with Crippen LogP contribution in [-0.2, 0) is 57.7 Å². The molecule has 4 bridgehead atoms. The van der Waals surface area contributed by atoms with Gasteiger partial charge in [0, 0.05) is 7.11 Å². The van der Waals surface area contributed by atoms with Gasteiger partial charge < -0.3 is 37.9 Å². The second kappa shape index (κ2) is 12.2. The number of benzene rings is 3. The Balaban J connectivity index is 1.31. The molecule has 0 N–H and O–H groups in total. The van der Waals surface area contributed by atoms with E-state index in [1.807, 2.05) is 91.0 Å². The summed E-state index contributed by atoms with van der Waals surface area (Å²) in [5.74, 6) is 0. The number of hydrogen-bond donors (Lipinski definition) is 0. The average Bonchev–Trinajstić information content (AvgIpc) is 2.99. The summed E-state index contributed by atoms with van der Waals surface area (Å²) in [5, 5.41) is 0. The van der Waals surface area contributed by atoms with Crippen molar-refractivity contribution in [2.24, 2.45) is 0 Å². The molecule has 4 fully saturated rings. The molecule has 1 saturated carbocycles. The Morgan fingerprint density at radius 1 is 0.641 bits per heavy atom. The van der Waals surface area contributed by atoms with Crippen molar-refractivity contribution < 1.29 is 37.9 Å². The van der Waals surface area contributed by atoms with Gasteiger partial charge in [-0.25, -0.2) is 0 Å². The van der Waals surface area contributed by atoms with E-state index in [0.29, 0.717) is 19.8 Å². The van der Waals surface area contributed by atoms with Crippen LogP contribution in [0.25, 0.3) is 0 Å². The van der Waals surface area contributed by atoms with Crippen LogP contribution >= 0.6 is 0 Å². The van der Waals surface area contributed by atoms with Crippen molar-refractivity contribution in [2.45, 2.75) is 62.4 Å². The Hall–Kier alpha value is -2.66. The molecular weight excluding hydrogens is 500 g/mol. The normalized spacial score (nSPS) is 31.0. The van der Waals surface area contributed by atoms with Gasteiger partial charge in [0.05, 0.1) is 26.4 Å². The van der Waals surface area contributed by atoms with Crippen molar-refractivity contribution in [3.05, 3.63) is 108 Å². The fraction of sp³-hybridized carbons (Fsp3) is 0.419. The second-order valence-electron chi connectivity index (χ2n) is 10.0. The predicted molar refractivity (Wildman–Crippen MR) is 140 cm³/mol. The van der Waals surface area contributed by atoms with Gasteiger partial charge in [0.15, 0.2) is 0 Å². The smallest absolute Gasteiger partial charge is 0.273 e. The van der Waals surface area contributed by atoms with E-state index >= 15 is 0 Å². The van der Waals surface area contributed by atoms with Gasteiger partial charge in [-0.3, -0.25) is 0 Å². The molecule has 0 aromatic heterocycles. The third-order valence-corrected chi connectivity index (χ3v) is 7.44. The van der Waals surface area contributed by atoms with Crippen LogP contribution in [-0.4, -0.2) is 63.1 Å². The van der Waals surface area contributed by atoms with E-state index in [1.165, 1.54) is 0 Å². The van der Waals surface area contributed by atoms with Crippen LogP contribution < -0.4 is 0 Å². The van der Waals surface area contributed by atoms with Crippen LogP contribution in [0, 0.1) is 0 Å². The summed E-state index contributed by atoms with van der Waals surface area (Å²) in [4.78, 5) is 0. The molecule has 3 aliphatic heterocycles. The first-order valence-corrected chi connectivity index (χ1v) is 13.3. The van der Waals surface area contributed by atoms with Crippen LogP contribution in [0.15, 0.2) is 91.0 Å². The maximum Gasteiger partial charge on any atom is 0.273 e. The molecule has 0 spiro atoms. The molecule has 0 radical (unpaired) electrons. The molecule has 0 amide bonds. The fourth-order valence-corrected chi connectivity index (χ4v) is 5.60. The zero-order valence-corrected chi connectivity index (χ0v) is 21.9. The molecule has 3 aromatic carbocycles. The van der Waals surface area contributed by atoms with Crippen LogP contribution in [0.2, 0.25) is 0 Å². The van der Waals surface area contributed by atoms with E-state index in [-0.39, 0.29) is 13.4 Å². The lowest BCUT2D eigenvalue weighted by molar-refractivity contribution is -0.512. The Morgan fingerprint density at radius 2 is 1.18 bits per heavy atom. The monoisotopic (exact) mass is 534 g/mol. The van der Waals surface area contributed by atoms with Crippen LogP contribution in [0.3, 0.4) is 0 Å². The topological polar surface area (TPSA) is 73.8 Å². The Labute approximate surface area is 228 Å². The molecule has 1 aliphatic carbocycles. The van der Waals surface area contributed by atoms with E-state index in [0.717, 1.165) is 16.7 Å². The summed E-state index contributed by atoms with van der Waals surface area (Å²) < 4.78 is 49.8. The van der Waals surface area contributed by atoms with E-state index < -0.39 is 42.6 Å². The van der Waals surface area contributed by atoms with Crippen molar-refractivity contribution in [1.29, 1.82) is 0 Å². The molecule has 206 valence electrons. The minimum absolute atomic E-state index is 0.0750. The van der Waals surface area contributed by atoms with Gasteiger partial charge in [-0.05, 0) is 16.7 Å². The first-order valence-electron chi connectivity index (χ1n) is 13.3. The second-order valence-corrected chi connectivity index (χ2v) is 10.0. The minimum Gasteiger partial charge on any atom is -0.374 e. The zero-order valence-electron chi connectivity index (χ0n) is 21.9. The molecule has 8 nitrogen and oxygen atoms in total. The molecule has 0 unspecified atom stereocenters. The van der Waals surface area contributed by atoms with E-state index in [1.54, 1.807) is 7.11 Å². The summed E-state index contributed by atoms with van der Waals surface area (Å²) in [6.45, 7) is 0.602. The third kappa shape index (κ3) is 5.66. The van der Waals surface area contributed by atoms with Gasteiger partial charge in [0.25, 0.3) is 6.48 Å². The number of hydrogen-bond acceptors (Lipinski definition) is 8. The van der Waals surface area contributed by atoms with Crippen molar-refractivity contribution in [3.8, 4) is 0 Å². The summed E-state index contributed by atoms with van der Waals surface area (Å²) in [7, 11) is 1.59. The lowest BCUT2D eigenvalue weighted by Crippen LogP contribution is -2.82. The van der Waals surface area contributed by atoms with Crippen molar-refractivity contribution in [2.75, 3.05) is 20.5 Å². The molecule has 39 heavy (non-hydrogen) atoms. The summed E-state index contributed by atoms with van der Waals surface area (Å²) in [5.41, 5.74) is 2.11. The highest BCUT2D eigenvalue weighted by atomic mass is 16.9. The predicted octanol–water partition coefficient (Wildman–Crippen LogP) is 4.21. The standard InChI is InChI=1S/C31H34O8/c1-32-21-35-27-25-26(34-18-23-13-7-3-8-14-23)28-31(29(27)39-30(37-25)38-28,36-19-24-15-9-4-10-16-24)20-33-17-22-11-5-2-6-12-22/h2-16,25-30H,17-21H2,1H3/t25-,26-,27+,28+,29-,30+,31-/m0/s1. The van der Waals surface area contributed by atoms with E-state index in [2.05, 4.69) is 0 Å². The van der Waals surface area contributed by atoms with Crippen molar-refractivity contribution in [3.63, 3.8) is 0 Å². The highest BCUT2D eigenvalue weighted by Gasteiger charge is 2.71. The van der Waals surface area contributed by atoms with Crippen molar-refractivity contribution in [1.82, 2.24) is 0 Å². The molecule has 8 heteroatoms.